The summed E-state index contributed by atoms with van der Waals surface area (Å²) in [4.78, 5) is 12.2. The summed E-state index contributed by atoms with van der Waals surface area (Å²) in [5.74, 6) is 1.42. The Hall–Kier alpha value is -1.51. The van der Waals surface area contributed by atoms with Gasteiger partial charge in [0.15, 0.2) is 0 Å². The zero-order valence-corrected chi connectivity index (χ0v) is 12.6. The molecule has 0 aromatic heterocycles. The van der Waals surface area contributed by atoms with Crippen LogP contribution in [-0.4, -0.2) is 12.5 Å². The Morgan fingerprint density at radius 1 is 1.45 bits per heavy atom. The van der Waals surface area contributed by atoms with Crippen LogP contribution < -0.4 is 11.1 Å². The predicted molar refractivity (Wildman–Crippen MR) is 83.4 cm³/mol. The van der Waals surface area contributed by atoms with Crippen molar-refractivity contribution in [2.45, 2.75) is 45.4 Å². The number of nitrogens with one attached hydrogen (secondary N) is 1. The van der Waals surface area contributed by atoms with E-state index in [9.17, 15) is 4.79 Å². The minimum atomic E-state index is -0.139. The SMILES string of the molecule is CC1CCCC(CNC(=O)C(C)c2cccc(N)c2)C1. The molecule has 3 unspecified atom stereocenters. The molecule has 0 radical (unpaired) electrons. The molecule has 1 aromatic rings. The van der Waals surface area contributed by atoms with Crippen molar-refractivity contribution in [1.82, 2.24) is 5.32 Å². The third kappa shape index (κ3) is 3.99. The van der Waals surface area contributed by atoms with Gasteiger partial charge in [-0.05, 0) is 49.3 Å². The average molecular weight is 274 g/mol. The van der Waals surface area contributed by atoms with E-state index in [4.69, 9.17) is 5.73 Å². The van der Waals surface area contributed by atoms with Gasteiger partial charge in [-0.15, -0.1) is 0 Å². The maximum atomic E-state index is 12.2. The lowest BCUT2D eigenvalue weighted by atomic mass is 9.82. The van der Waals surface area contributed by atoms with Gasteiger partial charge in [-0.2, -0.15) is 0 Å². The molecule has 0 heterocycles. The normalized spacial score (nSPS) is 24.1. The van der Waals surface area contributed by atoms with E-state index in [1.165, 1.54) is 25.7 Å². The van der Waals surface area contributed by atoms with E-state index in [0.29, 0.717) is 11.6 Å². The summed E-state index contributed by atoms with van der Waals surface area (Å²) in [5, 5.41) is 3.11. The summed E-state index contributed by atoms with van der Waals surface area (Å²) < 4.78 is 0. The van der Waals surface area contributed by atoms with Crippen LogP contribution in [-0.2, 0) is 4.79 Å². The van der Waals surface area contributed by atoms with Crippen molar-refractivity contribution < 1.29 is 4.79 Å². The smallest absolute Gasteiger partial charge is 0.227 e. The lowest BCUT2D eigenvalue weighted by Crippen LogP contribution is -2.34. The molecule has 2 rings (SSSR count). The Kier molecular flexibility index (Phi) is 5.05. The van der Waals surface area contributed by atoms with Crippen LogP contribution in [0.15, 0.2) is 24.3 Å². The predicted octanol–water partition coefficient (Wildman–Crippen LogP) is 3.31. The molecule has 3 heteroatoms. The highest BCUT2D eigenvalue weighted by Crippen LogP contribution is 2.28. The van der Waals surface area contributed by atoms with Crippen LogP contribution >= 0.6 is 0 Å². The van der Waals surface area contributed by atoms with Crippen molar-refractivity contribution in [3.05, 3.63) is 29.8 Å². The van der Waals surface area contributed by atoms with Crippen molar-refractivity contribution >= 4 is 11.6 Å². The molecule has 20 heavy (non-hydrogen) atoms. The van der Waals surface area contributed by atoms with Crippen LogP contribution in [0.25, 0.3) is 0 Å². The van der Waals surface area contributed by atoms with E-state index >= 15 is 0 Å². The minimum Gasteiger partial charge on any atom is -0.399 e. The number of nitrogens with two attached hydrogens (primary N) is 1. The molecule has 3 nitrogen and oxygen atoms in total. The number of benzene rings is 1. The summed E-state index contributed by atoms with van der Waals surface area (Å²) in [5.41, 5.74) is 7.47. The zero-order chi connectivity index (χ0) is 14.5. The molecule has 3 atom stereocenters. The molecular formula is C17H26N2O. The van der Waals surface area contributed by atoms with Crippen molar-refractivity contribution in [1.29, 1.82) is 0 Å². The van der Waals surface area contributed by atoms with Gasteiger partial charge in [-0.1, -0.05) is 31.9 Å². The molecule has 1 amide bonds. The first-order chi connectivity index (χ1) is 9.56. The number of hydrogen-bond acceptors (Lipinski definition) is 2. The van der Waals surface area contributed by atoms with Gasteiger partial charge in [-0.3, -0.25) is 4.79 Å². The lowest BCUT2D eigenvalue weighted by molar-refractivity contribution is -0.122. The molecule has 1 aliphatic rings. The zero-order valence-electron chi connectivity index (χ0n) is 12.6. The monoisotopic (exact) mass is 274 g/mol. The van der Waals surface area contributed by atoms with E-state index in [1.807, 2.05) is 31.2 Å². The van der Waals surface area contributed by atoms with Gasteiger partial charge in [-0.25, -0.2) is 0 Å². The van der Waals surface area contributed by atoms with E-state index in [0.717, 1.165) is 18.0 Å². The van der Waals surface area contributed by atoms with E-state index in [-0.39, 0.29) is 11.8 Å². The molecule has 0 spiro atoms. The molecule has 1 aromatic carbocycles. The second-order valence-corrected chi connectivity index (χ2v) is 6.27. The molecule has 3 N–H and O–H groups in total. The second kappa shape index (κ2) is 6.78. The third-order valence-electron chi connectivity index (χ3n) is 4.41. The fraction of sp³-hybridized carbons (Fsp3) is 0.588. The van der Waals surface area contributed by atoms with Crippen LogP contribution in [0, 0.1) is 11.8 Å². The summed E-state index contributed by atoms with van der Waals surface area (Å²) in [6.45, 7) is 5.06. The van der Waals surface area contributed by atoms with Crippen LogP contribution in [0.2, 0.25) is 0 Å². The maximum Gasteiger partial charge on any atom is 0.227 e. The quantitative estimate of drug-likeness (QED) is 0.828. The van der Waals surface area contributed by atoms with Gasteiger partial charge in [0.2, 0.25) is 5.91 Å². The number of nitrogen functional groups attached to an aromatic ring is 1. The van der Waals surface area contributed by atoms with Gasteiger partial charge in [0.05, 0.1) is 5.92 Å². The standard InChI is InChI=1S/C17H26N2O/c1-12-5-3-6-14(9-12)11-19-17(20)13(2)15-7-4-8-16(18)10-15/h4,7-8,10,12-14H,3,5-6,9,11,18H2,1-2H3,(H,19,20). The largest absolute Gasteiger partial charge is 0.399 e. The van der Waals surface area contributed by atoms with Crippen molar-refractivity contribution in [2.24, 2.45) is 11.8 Å². The van der Waals surface area contributed by atoms with Crippen LogP contribution in [0.5, 0.6) is 0 Å². The fourth-order valence-electron chi connectivity index (χ4n) is 3.12. The number of amides is 1. The fourth-order valence-corrected chi connectivity index (χ4v) is 3.12. The first-order valence-electron chi connectivity index (χ1n) is 7.69. The second-order valence-electron chi connectivity index (χ2n) is 6.27. The Balaban J connectivity index is 1.85. The highest BCUT2D eigenvalue weighted by atomic mass is 16.1. The van der Waals surface area contributed by atoms with Gasteiger partial charge in [0, 0.05) is 12.2 Å². The number of hydrogen-bond donors (Lipinski definition) is 2. The molecule has 1 aliphatic carbocycles. The van der Waals surface area contributed by atoms with E-state index < -0.39 is 0 Å². The highest BCUT2D eigenvalue weighted by Gasteiger charge is 2.21. The summed E-state index contributed by atoms with van der Waals surface area (Å²) in [6, 6.07) is 7.59. The van der Waals surface area contributed by atoms with Gasteiger partial charge >= 0.3 is 0 Å². The molecule has 0 bridgehead atoms. The first kappa shape index (κ1) is 14.9. The number of anilines is 1. The van der Waals surface area contributed by atoms with Gasteiger partial charge < -0.3 is 11.1 Å². The summed E-state index contributed by atoms with van der Waals surface area (Å²) in [6.07, 6.45) is 5.13. The number of carbonyl (C=O) groups excluding carboxylic acids is 1. The van der Waals surface area contributed by atoms with Gasteiger partial charge in [0.1, 0.15) is 0 Å². The molecule has 1 fully saturated rings. The Bertz CT molecular complexity index is 458. The Morgan fingerprint density at radius 2 is 2.25 bits per heavy atom. The molecule has 0 saturated heterocycles. The first-order valence-corrected chi connectivity index (χ1v) is 7.69. The summed E-state index contributed by atoms with van der Waals surface area (Å²) >= 11 is 0. The van der Waals surface area contributed by atoms with Crippen LogP contribution in [0.4, 0.5) is 5.69 Å². The average Bonchev–Trinajstić information content (AvgIpc) is 2.44. The highest BCUT2D eigenvalue weighted by molar-refractivity contribution is 5.83. The van der Waals surface area contributed by atoms with Crippen LogP contribution in [0.1, 0.15) is 51.0 Å². The summed E-state index contributed by atoms with van der Waals surface area (Å²) in [7, 11) is 0. The molecule has 0 aliphatic heterocycles. The molecule has 1 saturated carbocycles. The number of rotatable bonds is 4. The van der Waals surface area contributed by atoms with E-state index in [2.05, 4.69) is 12.2 Å². The minimum absolute atomic E-state index is 0.105. The maximum absolute atomic E-state index is 12.2. The Labute approximate surface area is 121 Å². The lowest BCUT2D eigenvalue weighted by Gasteiger charge is -2.27. The molecular weight excluding hydrogens is 248 g/mol. The van der Waals surface area contributed by atoms with Crippen molar-refractivity contribution in [2.75, 3.05) is 12.3 Å². The number of carbonyl (C=O) groups is 1. The Morgan fingerprint density at radius 3 is 2.95 bits per heavy atom. The topological polar surface area (TPSA) is 55.1 Å². The third-order valence-corrected chi connectivity index (χ3v) is 4.41. The van der Waals surface area contributed by atoms with Crippen molar-refractivity contribution in [3.63, 3.8) is 0 Å². The molecule has 110 valence electrons. The van der Waals surface area contributed by atoms with E-state index in [1.54, 1.807) is 0 Å². The van der Waals surface area contributed by atoms with Crippen molar-refractivity contribution in [3.8, 4) is 0 Å². The van der Waals surface area contributed by atoms with Gasteiger partial charge in [0.25, 0.3) is 0 Å². The van der Waals surface area contributed by atoms with Crippen LogP contribution in [0.3, 0.4) is 0 Å².